The SMILES string of the molecule is CC1(C)Oc2ccc(C#N)cc2[C@H](N(CC(N)=O)c2ccccc2)[C@H]1O. The zero-order chi connectivity index (χ0) is 18.9. The average Bonchev–Trinajstić information content (AvgIpc) is 2.61. The molecule has 1 amide bonds. The van der Waals surface area contributed by atoms with Crippen molar-refractivity contribution in [3.05, 3.63) is 59.7 Å². The van der Waals surface area contributed by atoms with Gasteiger partial charge in [-0.1, -0.05) is 18.2 Å². The first-order valence-electron chi connectivity index (χ1n) is 8.34. The Labute approximate surface area is 152 Å². The highest BCUT2D eigenvalue weighted by atomic mass is 16.5. The van der Waals surface area contributed by atoms with Crippen molar-refractivity contribution in [3.8, 4) is 11.8 Å². The molecule has 2 aromatic carbocycles. The third-order valence-corrected chi connectivity index (χ3v) is 4.59. The lowest BCUT2D eigenvalue weighted by Gasteiger charge is -2.46. The van der Waals surface area contributed by atoms with E-state index in [0.717, 1.165) is 5.69 Å². The number of nitrogens with two attached hydrogens (primary N) is 1. The van der Waals surface area contributed by atoms with Gasteiger partial charge in [-0.2, -0.15) is 5.26 Å². The normalized spacial score (nSPS) is 20.4. The molecule has 1 aliphatic heterocycles. The van der Waals surface area contributed by atoms with Gasteiger partial charge >= 0.3 is 0 Å². The van der Waals surface area contributed by atoms with Crippen LogP contribution in [0, 0.1) is 11.3 Å². The first-order valence-corrected chi connectivity index (χ1v) is 8.34. The van der Waals surface area contributed by atoms with Crippen LogP contribution in [-0.4, -0.2) is 29.3 Å². The lowest BCUT2D eigenvalue weighted by Crippen LogP contribution is -2.55. The molecule has 6 nitrogen and oxygen atoms in total. The van der Waals surface area contributed by atoms with E-state index in [0.29, 0.717) is 16.9 Å². The van der Waals surface area contributed by atoms with Crippen LogP contribution >= 0.6 is 0 Å². The van der Waals surface area contributed by atoms with E-state index in [2.05, 4.69) is 6.07 Å². The predicted molar refractivity (Wildman–Crippen MR) is 97.6 cm³/mol. The number of benzene rings is 2. The van der Waals surface area contributed by atoms with Gasteiger partial charge in [-0.15, -0.1) is 0 Å². The van der Waals surface area contributed by atoms with Crippen LogP contribution in [0.3, 0.4) is 0 Å². The highest BCUT2D eigenvalue weighted by molar-refractivity contribution is 5.80. The number of carbonyl (C=O) groups excluding carboxylic acids is 1. The first kappa shape index (κ1) is 17.8. The van der Waals surface area contributed by atoms with Gasteiger partial charge in [0.2, 0.25) is 5.91 Å². The molecule has 26 heavy (non-hydrogen) atoms. The van der Waals surface area contributed by atoms with Crippen molar-refractivity contribution in [1.82, 2.24) is 0 Å². The van der Waals surface area contributed by atoms with Gasteiger partial charge in [0.1, 0.15) is 17.5 Å². The minimum atomic E-state index is -0.941. The second kappa shape index (κ2) is 6.70. The monoisotopic (exact) mass is 351 g/mol. The molecular formula is C20H21N3O3. The van der Waals surface area contributed by atoms with Gasteiger partial charge in [-0.3, -0.25) is 4.79 Å². The lowest BCUT2D eigenvalue weighted by molar-refractivity contribution is -0.117. The van der Waals surface area contributed by atoms with Crippen molar-refractivity contribution < 1.29 is 14.6 Å². The van der Waals surface area contributed by atoms with Crippen molar-refractivity contribution in [3.63, 3.8) is 0 Å². The van der Waals surface area contributed by atoms with Crippen molar-refractivity contribution in [1.29, 1.82) is 5.26 Å². The number of para-hydroxylation sites is 1. The Balaban J connectivity index is 2.18. The predicted octanol–water partition coefficient (Wildman–Crippen LogP) is 2.12. The molecule has 0 unspecified atom stereocenters. The minimum Gasteiger partial charge on any atom is -0.485 e. The summed E-state index contributed by atoms with van der Waals surface area (Å²) in [6.07, 6.45) is -0.941. The summed E-state index contributed by atoms with van der Waals surface area (Å²) in [5.74, 6) is 0.0676. The summed E-state index contributed by atoms with van der Waals surface area (Å²) in [5.41, 5.74) is 6.46. The maximum atomic E-state index is 11.7. The van der Waals surface area contributed by atoms with Crippen LogP contribution in [0.5, 0.6) is 5.75 Å². The number of hydrogen-bond donors (Lipinski definition) is 2. The summed E-state index contributed by atoms with van der Waals surface area (Å²) in [6, 6.07) is 15.9. The Kier molecular flexibility index (Phi) is 4.58. The van der Waals surface area contributed by atoms with E-state index in [1.54, 1.807) is 36.9 Å². The van der Waals surface area contributed by atoms with Gasteiger partial charge < -0.3 is 20.5 Å². The van der Waals surface area contributed by atoms with Gasteiger partial charge in [0.05, 0.1) is 24.2 Å². The maximum Gasteiger partial charge on any atom is 0.236 e. The summed E-state index contributed by atoms with van der Waals surface area (Å²) < 4.78 is 5.95. The van der Waals surface area contributed by atoms with Crippen LogP contribution in [-0.2, 0) is 4.79 Å². The largest absolute Gasteiger partial charge is 0.485 e. The molecule has 0 fully saturated rings. The Bertz CT molecular complexity index is 858. The number of hydrogen-bond acceptors (Lipinski definition) is 5. The number of aliphatic hydroxyl groups is 1. The van der Waals surface area contributed by atoms with E-state index in [4.69, 9.17) is 10.5 Å². The number of nitrogens with zero attached hydrogens (tertiary/aromatic N) is 2. The molecule has 0 radical (unpaired) electrons. The van der Waals surface area contributed by atoms with E-state index < -0.39 is 23.7 Å². The van der Waals surface area contributed by atoms with E-state index in [1.807, 2.05) is 30.3 Å². The maximum absolute atomic E-state index is 11.7. The molecule has 1 heterocycles. The number of aliphatic hydroxyl groups excluding tert-OH is 1. The molecule has 0 aliphatic carbocycles. The zero-order valence-electron chi connectivity index (χ0n) is 14.7. The lowest BCUT2D eigenvalue weighted by atomic mass is 9.84. The van der Waals surface area contributed by atoms with Crippen molar-refractivity contribution in [2.45, 2.75) is 31.6 Å². The van der Waals surface area contributed by atoms with E-state index in [1.165, 1.54) is 0 Å². The second-order valence-corrected chi connectivity index (χ2v) is 6.89. The Morgan fingerprint density at radius 1 is 1.31 bits per heavy atom. The number of fused-ring (bicyclic) bond motifs is 1. The fourth-order valence-corrected chi connectivity index (χ4v) is 3.31. The summed E-state index contributed by atoms with van der Waals surface area (Å²) in [6.45, 7) is 3.51. The van der Waals surface area contributed by atoms with Crippen LogP contribution in [0.25, 0.3) is 0 Å². The Hall–Kier alpha value is -3.04. The summed E-state index contributed by atoms with van der Waals surface area (Å²) in [7, 11) is 0. The van der Waals surface area contributed by atoms with E-state index in [-0.39, 0.29) is 6.54 Å². The quantitative estimate of drug-likeness (QED) is 0.879. The second-order valence-electron chi connectivity index (χ2n) is 6.89. The zero-order valence-corrected chi connectivity index (χ0v) is 14.7. The smallest absolute Gasteiger partial charge is 0.236 e. The van der Waals surface area contributed by atoms with Crippen LogP contribution in [0.4, 0.5) is 5.69 Å². The number of primary amides is 1. The van der Waals surface area contributed by atoms with Gasteiger partial charge in [0.25, 0.3) is 0 Å². The molecule has 2 atom stereocenters. The van der Waals surface area contributed by atoms with Gasteiger partial charge in [0.15, 0.2) is 0 Å². The molecule has 0 bridgehead atoms. The molecule has 2 aromatic rings. The third kappa shape index (κ3) is 3.22. The Morgan fingerprint density at radius 2 is 2.00 bits per heavy atom. The average molecular weight is 351 g/mol. The van der Waals surface area contributed by atoms with Crippen molar-refractivity contribution >= 4 is 11.6 Å². The first-order chi connectivity index (χ1) is 12.3. The van der Waals surface area contributed by atoms with Crippen molar-refractivity contribution in [2.75, 3.05) is 11.4 Å². The fraction of sp³-hybridized carbons (Fsp3) is 0.300. The summed E-state index contributed by atoms with van der Waals surface area (Å²) in [4.78, 5) is 13.5. The molecule has 0 saturated carbocycles. The van der Waals surface area contributed by atoms with Crippen LogP contribution in [0.1, 0.15) is 31.0 Å². The van der Waals surface area contributed by atoms with E-state index in [9.17, 15) is 15.2 Å². The highest BCUT2D eigenvalue weighted by Gasteiger charge is 2.46. The number of ether oxygens (including phenoxy) is 1. The molecular weight excluding hydrogens is 330 g/mol. The molecule has 0 spiro atoms. The molecule has 1 aliphatic rings. The van der Waals surface area contributed by atoms with Gasteiger partial charge in [-0.25, -0.2) is 0 Å². The molecule has 3 N–H and O–H groups in total. The number of carbonyl (C=O) groups is 1. The number of amides is 1. The molecule has 6 heteroatoms. The van der Waals surface area contributed by atoms with Crippen LogP contribution in [0.15, 0.2) is 48.5 Å². The molecule has 0 aromatic heterocycles. The number of nitriles is 1. The standard InChI is InChI=1S/C20H21N3O3/c1-20(2)19(25)18(15-10-13(11-21)8-9-16(15)26-20)23(12-17(22)24)14-6-4-3-5-7-14/h3-10,18-19,25H,12H2,1-2H3,(H2,22,24)/t18-,19+/m0/s1. The van der Waals surface area contributed by atoms with Gasteiger partial charge in [0, 0.05) is 11.3 Å². The topological polar surface area (TPSA) is 99.6 Å². The third-order valence-electron chi connectivity index (χ3n) is 4.59. The van der Waals surface area contributed by atoms with E-state index >= 15 is 0 Å². The molecule has 134 valence electrons. The van der Waals surface area contributed by atoms with Crippen LogP contribution < -0.4 is 15.4 Å². The minimum absolute atomic E-state index is 0.0714. The van der Waals surface area contributed by atoms with Crippen molar-refractivity contribution in [2.24, 2.45) is 5.73 Å². The molecule has 3 rings (SSSR count). The molecule has 0 saturated heterocycles. The van der Waals surface area contributed by atoms with Gasteiger partial charge in [-0.05, 0) is 44.2 Å². The Morgan fingerprint density at radius 3 is 2.62 bits per heavy atom. The fourth-order valence-electron chi connectivity index (χ4n) is 3.31. The number of rotatable bonds is 4. The summed E-state index contributed by atoms with van der Waals surface area (Å²) >= 11 is 0. The van der Waals surface area contributed by atoms with Crippen LogP contribution in [0.2, 0.25) is 0 Å². The summed E-state index contributed by atoms with van der Waals surface area (Å²) in [5, 5.41) is 20.3. The highest BCUT2D eigenvalue weighted by Crippen LogP contribution is 2.44. The number of anilines is 1.